The van der Waals surface area contributed by atoms with Gasteiger partial charge in [-0.25, -0.2) is 4.39 Å². The smallest absolute Gasteiger partial charge is 0.250 e. The van der Waals surface area contributed by atoms with E-state index in [2.05, 4.69) is 29.5 Å². The number of aliphatic imine (C=N–C) groups is 1. The standard InChI is InChI=1S/C25H29FN4O.HI/c1-25(2,21-7-6-8-22(26)15-21)18-29-24(27-3)28-16-19-10-12-20(13-11-19)17-30-14-5-4-9-23(30)31;/h4-15H,16-18H2,1-3H3,(H2,27,28,29);1H. The van der Waals surface area contributed by atoms with Gasteiger partial charge in [-0.2, -0.15) is 0 Å². The van der Waals surface area contributed by atoms with Crippen molar-refractivity contribution in [2.75, 3.05) is 13.6 Å². The zero-order valence-corrected chi connectivity index (χ0v) is 21.0. The summed E-state index contributed by atoms with van der Waals surface area (Å²) in [6.07, 6.45) is 1.79. The molecule has 0 aliphatic rings. The fraction of sp³-hybridized carbons (Fsp3) is 0.280. The van der Waals surface area contributed by atoms with E-state index in [-0.39, 0.29) is 40.8 Å². The largest absolute Gasteiger partial charge is 0.356 e. The molecule has 1 heterocycles. The van der Waals surface area contributed by atoms with Gasteiger partial charge in [0.2, 0.25) is 0 Å². The van der Waals surface area contributed by atoms with Gasteiger partial charge in [-0.3, -0.25) is 9.79 Å². The Morgan fingerprint density at radius 2 is 1.72 bits per heavy atom. The molecule has 2 N–H and O–H groups in total. The van der Waals surface area contributed by atoms with E-state index in [0.717, 1.165) is 16.7 Å². The first-order valence-electron chi connectivity index (χ1n) is 10.3. The molecule has 0 spiro atoms. The van der Waals surface area contributed by atoms with E-state index < -0.39 is 0 Å². The lowest BCUT2D eigenvalue weighted by atomic mass is 9.84. The number of halogens is 2. The van der Waals surface area contributed by atoms with Gasteiger partial charge < -0.3 is 15.2 Å². The summed E-state index contributed by atoms with van der Waals surface area (Å²) in [6.45, 7) is 5.91. The lowest BCUT2D eigenvalue weighted by Crippen LogP contribution is -2.43. The van der Waals surface area contributed by atoms with Crippen LogP contribution in [-0.2, 0) is 18.5 Å². The van der Waals surface area contributed by atoms with Crippen LogP contribution in [0.15, 0.2) is 82.7 Å². The number of hydrogen-bond acceptors (Lipinski definition) is 2. The normalized spacial score (nSPS) is 11.6. The molecule has 3 rings (SSSR count). The van der Waals surface area contributed by atoms with Gasteiger partial charge in [-0.1, -0.05) is 56.3 Å². The van der Waals surface area contributed by atoms with Crippen molar-refractivity contribution in [1.82, 2.24) is 15.2 Å². The van der Waals surface area contributed by atoms with Gasteiger partial charge in [-0.05, 0) is 34.9 Å². The predicted octanol–water partition coefficient (Wildman–Crippen LogP) is 4.30. The molecule has 0 bridgehead atoms. The number of nitrogens with one attached hydrogen (secondary N) is 2. The van der Waals surface area contributed by atoms with E-state index in [4.69, 9.17) is 0 Å². The van der Waals surface area contributed by atoms with Crippen LogP contribution in [0.4, 0.5) is 4.39 Å². The molecule has 1 aromatic heterocycles. The molecule has 2 aromatic carbocycles. The van der Waals surface area contributed by atoms with E-state index in [1.165, 1.54) is 6.07 Å². The second-order valence-corrected chi connectivity index (χ2v) is 8.16. The van der Waals surface area contributed by atoms with Crippen LogP contribution in [-0.4, -0.2) is 24.1 Å². The van der Waals surface area contributed by atoms with Crippen LogP contribution in [0.2, 0.25) is 0 Å². The molecule has 5 nitrogen and oxygen atoms in total. The molecule has 3 aromatic rings. The highest BCUT2D eigenvalue weighted by molar-refractivity contribution is 14.0. The van der Waals surface area contributed by atoms with E-state index >= 15 is 0 Å². The lowest BCUT2D eigenvalue weighted by Gasteiger charge is -2.27. The SMILES string of the molecule is CN=C(NCc1ccc(Cn2ccccc2=O)cc1)NCC(C)(C)c1cccc(F)c1.I. The average molecular weight is 548 g/mol. The second-order valence-electron chi connectivity index (χ2n) is 8.16. The summed E-state index contributed by atoms with van der Waals surface area (Å²) < 4.78 is 15.2. The highest BCUT2D eigenvalue weighted by atomic mass is 127. The highest BCUT2D eigenvalue weighted by Crippen LogP contribution is 2.22. The van der Waals surface area contributed by atoms with Crippen LogP contribution in [0.3, 0.4) is 0 Å². The molecule has 0 aliphatic carbocycles. The van der Waals surface area contributed by atoms with E-state index in [9.17, 15) is 9.18 Å². The first-order chi connectivity index (χ1) is 14.9. The van der Waals surface area contributed by atoms with Crippen molar-refractivity contribution >= 4 is 29.9 Å². The Bertz CT molecular complexity index is 1090. The first kappa shape index (κ1) is 25.6. The minimum Gasteiger partial charge on any atom is -0.356 e. The predicted molar refractivity (Wildman–Crippen MR) is 139 cm³/mol. The molecule has 0 amide bonds. The molecule has 0 saturated carbocycles. The van der Waals surface area contributed by atoms with Gasteiger partial charge in [0, 0.05) is 37.8 Å². The van der Waals surface area contributed by atoms with Gasteiger partial charge in [0.05, 0.1) is 6.54 Å². The van der Waals surface area contributed by atoms with E-state index in [1.807, 2.05) is 36.4 Å². The zero-order chi connectivity index (χ0) is 22.3. The number of aromatic nitrogens is 1. The molecule has 7 heteroatoms. The van der Waals surface area contributed by atoms with Crippen LogP contribution < -0.4 is 16.2 Å². The molecule has 0 aliphatic heterocycles. The molecule has 32 heavy (non-hydrogen) atoms. The Morgan fingerprint density at radius 1 is 1.00 bits per heavy atom. The van der Waals surface area contributed by atoms with Crippen LogP contribution in [0.5, 0.6) is 0 Å². The Hall–Kier alpha value is -2.68. The zero-order valence-electron chi connectivity index (χ0n) is 18.6. The van der Waals surface area contributed by atoms with Crippen molar-refractivity contribution in [2.24, 2.45) is 4.99 Å². The lowest BCUT2D eigenvalue weighted by molar-refractivity contribution is 0.503. The minimum atomic E-state index is -0.253. The van der Waals surface area contributed by atoms with Crippen molar-refractivity contribution < 1.29 is 4.39 Å². The number of benzene rings is 2. The third kappa shape index (κ3) is 7.19. The Balaban J connectivity index is 0.00000363. The van der Waals surface area contributed by atoms with Crippen LogP contribution in [0.1, 0.15) is 30.5 Å². The molecule has 170 valence electrons. The summed E-state index contributed by atoms with van der Waals surface area (Å²) in [5.74, 6) is 0.457. The molecule has 0 fully saturated rings. The van der Waals surface area contributed by atoms with E-state index in [0.29, 0.717) is 25.6 Å². The van der Waals surface area contributed by atoms with Gasteiger partial charge in [-0.15, -0.1) is 24.0 Å². The van der Waals surface area contributed by atoms with Crippen LogP contribution in [0.25, 0.3) is 0 Å². The summed E-state index contributed by atoms with van der Waals surface area (Å²) in [5, 5.41) is 6.64. The molecular formula is C25H30FIN4O. The molecule has 0 unspecified atom stereocenters. The van der Waals surface area contributed by atoms with Crippen molar-refractivity contribution in [2.45, 2.75) is 32.4 Å². The fourth-order valence-electron chi connectivity index (χ4n) is 3.27. The third-order valence-electron chi connectivity index (χ3n) is 5.26. The summed E-state index contributed by atoms with van der Waals surface area (Å²) in [4.78, 5) is 16.1. The summed E-state index contributed by atoms with van der Waals surface area (Å²) in [7, 11) is 1.73. The monoisotopic (exact) mass is 548 g/mol. The maximum absolute atomic E-state index is 13.6. The molecule has 0 radical (unpaired) electrons. The third-order valence-corrected chi connectivity index (χ3v) is 5.26. The Labute approximate surface area is 205 Å². The van der Waals surface area contributed by atoms with Gasteiger partial charge in [0.25, 0.3) is 5.56 Å². The maximum Gasteiger partial charge on any atom is 0.250 e. The van der Waals surface area contributed by atoms with Crippen LogP contribution >= 0.6 is 24.0 Å². The maximum atomic E-state index is 13.6. The van der Waals surface area contributed by atoms with Crippen molar-refractivity contribution in [1.29, 1.82) is 0 Å². The topological polar surface area (TPSA) is 58.4 Å². The summed E-state index contributed by atoms with van der Waals surface area (Å²) in [5.41, 5.74) is 2.84. The highest BCUT2D eigenvalue weighted by Gasteiger charge is 2.21. The van der Waals surface area contributed by atoms with E-state index in [1.54, 1.807) is 42.1 Å². The van der Waals surface area contributed by atoms with Crippen LogP contribution in [0, 0.1) is 5.82 Å². The number of pyridine rings is 1. The Kier molecular flexibility index (Phi) is 9.43. The van der Waals surface area contributed by atoms with Gasteiger partial charge in [0.15, 0.2) is 5.96 Å². The Morgan fingerprint density at radius 3 is 2.38 bits per heavy atom. The number of rotatable bonds is 7. The van der Waals surface area contributed by atoms with Crippen molar-refractivity contribution in [3.05, 3.63) is 106 Å². The number of guanidine groups is 1. The van der Waals surface area contributed by atoms with Gasteiger partial charge in [0.1, 0.15) is 5.82 Å². The first-order valence-corrected chi connectivity index (χ1v) is 10.3. The summed E-state index contributed by atoms with van der Waals surface area (Å²) >= 11 is 0. The fourth-order valence-corrected chi connectivity index (χ4v) is 3.27. The second kappa shape index (κ2) is 11.8. The quantitative estimate of drug-likeness (QED) is 0.263. The van der Waals surface area contributed by atoms with Crippen molar-refractivity contribution in [3.8, 4) is 0 Å². The molecule has 0 saturated heterocycles. The molecular weight excluding hydrogens is 518 g/mol. The number of hydrogen-bond donors (Lipinski definition) is 2. The average Bonchev–Trinajstić information content (AvgIpc) is 2.76. The van der Waals surface area contributed by atoms with Gasteiger partial charge >= 0.3 is 0 Å². The number of nitrogens with zero attached hydrogens (tertiary/aromatic N) is 2. The minimum absolute atomic E-state index is 0. The molecule has 0 atom stereocenters. The van der Waals surface area contributed by atoms with Crippen molar-refractivity contribution in [3.63, 3.8) is 0 Å². The summed E-state index contributed by atoms with van der Waals surface area (Å²) in [6, 6.07) is 20.0.